The summed E-state index contributed by atoms with van der Waals surface area (Å²) >= 11 is 3.52. The van der Waals surface area contributed by atoms with Crippen molar-refractivity contribution < 1.29 is 14.3 Å². The van der Waals surface area contributed by atoms with Gasteiger partial charge in [0.2, 0.25) is 0 Å². The van der Waals surface area contributed by atoms with Gasteiger partial charge in [-0.15, -0.1) is 0 Å². The third kappa shape index (κ3) is 6.93. The minimum absolute atomic E-state index is 0.0238. The molecule has 0 aliphatic heterocycles. The van der Waals surface area contributed by atoms with Crippen molar-refractivity contribution in [3.8, 4) is 5.75 Å². The van der Waals surface area contributed by atoms with E-state index in [0.29, 0.717) is 23.5 Å². The van der Waals surface area contributed by atoms with E-state index in [-0.39, 0.29) is 23.8 Å². The maximum Gasteiger partial charge on any atom is 0.262 e. The molecule has 1 N–H and O–H groups in total. The van der Waals surface area contributed by atoms with Crippen LogP contribution in [0, 0.1) is 0 Å². The molecule has 0 heterocycles. The molecule has 0 aliphatic carbocycles. The average Bonchev–Trinajstić information content (AvgIpc) is 2.78. The molecule has 3 aromatic carbocycles. The molecule has 0 saturated heterocycles. The highest BCUT2D eigenvalue weighted by Gasteiger charge is 2.16. The molecule has 6 heteroatoms. The monoisotopic (exact) mass is 508 g/mol. The number of hydrogen-bond acceptors (Lipinski definition) is 3. The minimum Gasteiger partial charge on any atom is -0.483 e. The molecular weight excluding hydrogens is 480 g/mol. The van der Waals surface area contributed by atoms with Crippen LogP contribution in [0.4, 0.5) is 5.69 Å². The second-order valence-corrected chi connectivity index (χ2v) is 9.81. The van der Waals surface area contributed by atoms with Gasteiger partial charge in [0, 0.05) is 24.8 Å². The summed E-state index contributed by atoms with van der Waals surface area (Å²) in [7, 11) is 1.76. The number of carbonyl (C=O) groups excluding carboxylic acids is 2. The predicted molar refractivity (Wildman–Crippen MR) is 136 cm³/mol. The summed E-state index contributed by atoms with van der Waals surface area (Å²) in [4.78, 5) is 26.9. The van der Waals surface area contributed by atoms with Crippen molar-refractivity contribution >= 4 is 33.4 Å². The van der Waals surface area contributed by atoms with Crippen molar-refractivity contribution in [1.82, 2.24) is 4.90 Å². The summed E-state index contributed by atoms with van der Waals surface area (Å²) in [6, 6.07) is 22.6. The number of nitrogens with one attached hydrogen (secondary N) is 1. The van der Waals surface area contributed by atoms with E-state index in [1.807, 2.05) is 48.5 Å². The molecule has 172 valence electrons. The van der Waals surface area contributed by atoms with E-state index in [4.69, 9.17) is 4.74 Å². The lowest BCUT2D eigenvalue weighted by Crippen LogP contribution is -2.26. The van der Waals surface area contributed by atoms with Crippen LogP contribution in [0.3, 0.4) is 0 Å². The Hall–Kier alpha value is -3.12. The zero-order chi connectivity index (χ0) is 24.0. The average molecular weight is 509 g/mol. The molecule has 3 rings (SSSR count). The Morgan fingerprint density at radius 3 is 2.36 bits per heavy atom. The van der Waals surface area contributed by atoms with Crippen molar-refractivity contribution in [2.45, 2.75) is 32.7 Å². The van der Waals surface area contributed by atoms with Gasteiger partial charge in [-0.2, -0.15) is 0 Å². The van der Waals surface area contributed by atoms with Gasteiger partial charge in [0.05, 0.1) is 4.47 Å². The molecule has 33 heavy (non-hydrogen) atoms. The van der Waals surface area contributed by atoms with Gasteiger partial charge in [0.15, 0.2) is 6.61 Å². The van der Waals surface area contributed by atoms with Crippen LogP contribution in [0.2, 0.25) is 0 Å². The van der Waals surface area contributed by atoms with Gasteiger partial charge in [-0.25, -0.2) is 0 Å². The van der Waals surface area contributed by atoms with Crippen LogP contribution in [-0.2, 0) is 16.8 Å². The predicted octanol–water partition coefficient (Wildman–Crippen LogP) is 6.04. The summed E-state index contributed by atoms with van der Waals surface area (Å²) in [6.07, 6.45) is 0. The van der Waals surface area contributed by atoms with Gasteiger partial charge in [-0.1, -0.05) is 63.2 Å². The smallest absolute Gasteiger partial charge is 0.262 e. The van der Waals surface area contributed by atoms with Crippen LogP contribution in [0.25, 0.3) is 0 Å². The van der Waals surface area contributed by atoms with Gasteiger partial charge in [0.25, 0.3) is 11.8 Å². The van der Waals surface area contributed by atoms with Crippen molar-refractivity contribution in [3.63, 3.8) is 0 Å². The lowest BCUT2D eigenvalue weighted by atomic mass is 9.87. The number of anilines is 1. The molecule has 0 fully saturated rings. The fraction of sp³-hybridized carbons (Fsp3) is 0.259. The second kappa shape index (κ2) is 10.7. The fourth-order valence-corrected chi connectivity index (χ4v) is 3.80. The Balaban J connectivity index is 1.58. The quantitative estimate of drug-likeness (QED) is 0.423. The highest BCUT2D eigenvalue weighted by atomic mass is 79.9. The zero-order valence-electron chi connectivity index (χ0n) is 19.4. The number of rotatable bonds is 7. The first-order chi connectivity index (χ1) is 15.6. The van der Waals surface area contributed by atoms with Crippen molar-refractivity contribution in [3.05, 3.63) is 94.0 Å². The topological polar surface area (TPSA) is 58.6 Å². The molecule has 3 aromatic rings. The molecule has 5 nitrogen and oxygen atoms in total. The molecule has 0 saturated carbocycles. The molecule has 0 bridgehead atoms. The molecule has 0 aliphatic rings. The first-order valence-corrected chi connectivity index (χ1v) is 11.5. The number of halogens is 1. The summed E-state index contributed by atoms with van der Waals surface area (Å²) in [5, 5.41) is 2.80. The number of amides is 2. The van der Waals surface area contributed by atoms with E-state index >= 15 is 0 Å². The van der Waals surface area contributed by atoms with Crippen LogP contribution in [0.1, 0.15) is 42.3 Å². The minimum atomic E-state index is -0.302. The van der Waals surface area contributed by atoms with Gasteiger partial charge in [-0.3, -0.25) is 9.59 Å². The first-order valence-electron chi connectivity index (χ1n) is 10.8. The number of nitrogens with zero attached hydrogens (tertiary/aromatic N) is 1. The standard InChI is InChI=1S/C27H29BrN2O3/c1-27(2,3)21-13-14-24(23(28)16-21)33-18-25(31)29-22-12-8-11-20(15-22)26(32)30(4)17-19-9-6-5-7-10-19/h5-16H,17-18H2,1-4H3,(H,29,31). The largest absolute Gasteiger partial charge is 0.483 e. The van der Waals surface area contributed by atoms with Gasteiger partial charge in [0.1, 0.15) is 5.75 Å². The van der Waals surface area contributed by atoms with Crippen molar-refractivity contribution in [2.75, 3.05) is 19.0 Å². The summed E-state index contributed by atoms with van der Waals surface area (Å²) in [5.41, 5.74) is 3.30. The lowest BCUT2D eigenvalue weighted by molar-refractivity contribution is -0.118. The summed E-state index contributed by atoms with van der Waals surface area (Å²) in [5.74, 6) is 0.183. The molecule has 0 spiro atoms. The van der Waals surface area contributed by atoms with Crippen LogP contribution >= 0.6 is 15.9 Å². The van der Waals surface area contributed by atoms with E-state index in [0.717, 1.165) is 10.0 Å². The van der Waals surface area contributed by atoms with Crippen LogP contribution in [-0.4, -0.2) is 30.4 Å². The Kier molecular flexibility index (Phi) is 7.92. The maximum atomic E-state index is 12.8. The van der Waals surface area contributed by atoms with Gasteiger partial charge in [-0.05, 0) is 62.8 Å². The van der Waals surface area contributed by atoms with E-state index in [1.165, 1.54) is 5.56 Å². The van der Waals surface area contributed by atoms with Crippen LogP contribution in [0.5, 0.6) is 5.75 Å². The van der Waals surface area contributed by atoms with Crippen LogP contribution in [0.15, 0.2) is 77.3 Å². The van der Waals surface area contributed by atoms with E-state index in [1.54, 1.807) is 36.2 Å². The van der Waals surface area contributed by atoms with E-state index in [2.05, 4.69) is 42.0 Å². The SMILES string of the molecule is CN(Cc1ccccc1)C(=O)c1cccc(NC(=O)COc2ccc(C(C)(C)C)cc2Br)c1. The number of carbonyl (C=O) groups is 2. The normalized spacial score (nSPS) is 11.1. The molecule has 2 amide bonds. The van der Waals surface area contributed by atoms with Crippen LogP contribution < -0.4 is 10.1 Å². The van der Waals surface area contributed by atoms with Gasteiger partial charge >= 0.3 is 0 Å². The maximum absolute atomic E-state index is 12.8. The van der Waals surface area contributed by atoms with Crippen molar-refractivity contribution in [1.29, 1.82) is 0 Å². The Morgan fingerprint density at radius 1 is 0.970 bits per heavy atom. The number of benzene rings is 3. The Labute approximate surface area is 203 Å². The molecular formula is C27H29BrN2O3. The summed E-state index contributed by atoms with van der Waals surface area (Å²) < 4.78 is 6.49. The summed E-state index contributed by atoms with van der Waals surface area (Å²) in [6.45, 7) is 6.79. The highest BCUT2D eigenvalue weighted by Crippen LogP contribution is 2.31. The third-order valence-corrected chi connectivity index (χ3v) is 5.78. The van der Waals surface area contributed by atoms with Crippen molar-refractivity contribution in [2.24, 2.45) is 0 Å². The first kappa shape index (κ1) is 24.5. The fourth-order valence-electron chi connectivity index (χ4n) is 3.30. The third-order valence-electron chi connectivity index (χ3n) is 5.16. The number of ether oxygens (including phenoxy) is 1. The highest BCUT2D eigenvalue weighted by molar-refractivity contribution is 9.10. The van der Waals surface area contributed by atoms with E-state index in [9.17, 15) is 9.59 Å². The molecule has 0 atom stereocenters. The molecule has 0 aromatic heterocycles. The molecule has 0 radical (unpaired) electrons. The Morgan fingerprint density at radius 2 is 1.70 bits per heavy atom. The van der Waals surface area contributed by atoms with Gasteiger partial charge < -0.3 is 15.0 Å². The van der Waals surface area contributed by atoms with E-state index < -0.39 is 0 Å². The number of hydrogen-bond donors (Lipinski definition) is 1. The molecule has 0 unspecified atom stereocenters. The second-order valence-electron chi connectivity index (χ2n) is 8.96. The zero-order valence-corrected chi connectivity index (χ0v) is 21.0. The lowest BCUT2D eigenvalue weighted by Gasteiger charge is -2.20. The Bertz CT molecular complexity index is 1120.